The summed E-state index contributed by atoms with van der Waals surface area (Å²) < 4.78 is 0. The van der Waals surface area contributed by atoms with Crippen LogP contribution in [0.25, 0.3) is 0 Å². The monoisotopic (exact) mass is 215 g/mol. The lowest BCUT2D eigenvalue weighted by atomic mass is 10.1. The lowest BCUT2D eigenvalue weighted by molar-refractivity contribution is -0.117. The molecule has 0 saturated carbocycles. The Labute approximate surface area is 94.5 Å². The van der Waals surface area contributed by atoms with Crippen LogP contribution in [0.3, 0.4) is 0 Å². The van der Waals surface area contributed by atoms with Gasteiger partial charge >= 0.3 is 0 Å². The van der Waals surface area contributed by atoms with Gasteiger partial charge in [0.05, 0.1) is 5.69 Å². The second-order valence-corrected chi connectivity index (χ2v) is 3.94. The van der Waals surface area contributed by atoms with Gasteiger partial charge in [0.2, 0.25) is 5.91 Å². The number of nitrogen functional groups attached to an aromatic ring is 1. The van der Waals surface area contributed by atoms with Crippen molar-refractivity contribution in [3.05, 3.63) is 17.8 Å². The largest absolute Gasteiger partial charge is 0.396 e. The zero-order valence-electron chi connectivity index (χ0n) is 9.10. The number of carbonyl (C=O) groups is 1. The van der Waals surface area contributed by atoms with Gasteiger partial charge in [0.1, 0.15) is 0 Å². The fraction of sp³-hybridized carbons (Fsp3) is 0.333. The molecule has 0 bridgehead atoms. The van der Waals surface area contributed by atoms with Gasteiger partial charge in [-0.3, -0.25) is 9.69 Å². The number of anilines is 2. The highest BCUT2D eigenvalue weighted by Gasteiger charge is 2.31. The van der Waals surface area contributed by atoms with Crippen LogP contribution >= 0.6 is 0 Å². The van der Waals surface area contributed by atoms with Crippen LogP contribution in [-0.2, 0) is 4.79 Å². The molecule has 1 amide bonds. The molecule has 2 rings (SSSR count). The maximum Gasteiger partial charge on any atom is 0.229 e. The molecule has 1 aliphatic rings. The highest BCUT2D eigenvalue weighted by atomic mass is 16.2. The normalized spacial score (nSPS) is 19.9. The molecule has 1 aliphatic heterocycles. The number of aromatic nitrogens is 1. The van der Waals surface area contributed by atoms with Gasteiger partial charge in [-0.15, -0.1) is 12.3 Å². The molecule has 0 radical (unpaired) electrons. The molecule has 4 heteroatoms. The summed E-state index contributed by atoms with van der Waals surface area (Å²) in [6, 6.07) is 3.58. The Kier molecular flexibility index (Phi) is 2.53. The first-order chi connectivity index (χ1) is 7.61. The summed E-state index contributed by atoms with van der Waals surface area (Å²) in [5.74, 6) is 3.09. The Balaban J connectivity index is 2.35. The minimum absolute atomic E-state index is 0.00671. The summed E-state index contributed by atoms with van der Waals surface area (Å²) >= 11 is 0. The third-order valence-electron chi connectivity index (χ3n) is 2.66. The van der Waals surface area contributed by atoms with Crippen LogP contribution in [0.5, 0.6) is 0 Å². The summed E-state index contributed by atoms with van der Waals surface area (Å²) in [5, 5.41) is 0. The molecule has 82 valence electrons. The van der Waals surface area contributed by atoms with Crippen molar-refractivity contribution in [3.63, 3.8) is 0 Å². The first-order valence-electron chi connectivity index (χ1n) is 5.11. The predicted molar refractivity (Wildman–Crippen MR) is 62.7 cm³/mol. The van der Waals surface area contributed by atoms with E-state index >= 15 is 0 Å². The molecule has 1 aromatic rings. The minimum Gasteiger partial charge on any atom is -0.396 e. The molecular formula is C12H13N3O. The summed E-state index contributed by atoms with van der Waals surface area (Å²) in [6.07, 6.45) is 5.70. The van der Waals surface area contributed by atoms with Crippen molar-refractivity contribution >= 4 is 17.4 Å². The maximum absolute atomic E-state index is 11.7. The van der Waals surface area contributed by atoms with Crippen molar-refractivity contribution < 1.29 is 4.79 Å². The van der Waals surface area contributed by atoms with Gasteiger partial charge < -0.3 is 5.73 Å². The van der Waals surface area contributed by atoms with E-state index in [-0.39, 0.29) is 11.8 Å². The molecule has 1 saturated heterocycles. The summed E-state index contributed by atoms with van der Waals surface area (Å²) in [7, 11) is 0. The second kappa shape index (κ2) is 3.86. The molecule has 4 nitrogen and oxygen atoms in total. The molecule has 1 unspecified atom stereocenters. The van der Waals surface area contributed by atoms with E-state index in [1.807, 2.05) is 13.0 Å². The third kappa shape index (κ3) is 1.72. The van der Waals surface area contributed by atoms with Crippen LogP contribution in [0.4, 0.5) is 11.5 Å². The molecule has 1 atom stereocenters. The second-order valence-electron chi connectivity index (χ2n) is 3.94. The lowest BCUT2D eigenvalue weighted by Crippen LogP contribution is -2.26. The molecular weight excluding hydrogens is 202 g/mol. The Hall–Kier alpha value is -2.02. The Bertz CT molecular complexity index is 476. The van der Waals surface area contributed by atoms with E-state index in [0.717, 1.165) is 5.69 Å². The van der Waals surface area contributed by atoms with E-state index in [1.54, 1.807) is 11.0 Å². The van der Waals surface area contributed by atoms with Crippen molar-refractivity contribution in [2.75, 3.05) is 17.2 Å². The third-order valence-corrected chi connectivity index (χ3v) is 2.66. The molecule has 0 aliphatic carbocycles. The lowest BCUT2D eigenvalue weighted by Gasteiger charge is -2.17. The highest BCUT2D eigenvalue weighted by Crippen LogP contribution is 2.27. The first-order valence-corrected chi connectivity index (χ1v) is 5.11. The average Bonchev–Trinajstić information content (AvgIpc) is 2.63. The summed E-state index contributed by atoms with van der Waals surface area (Å²) in [4.78, 5) is 17.6. The zero-order valence-corrected chi connectivity index (χ0v) is 9.10. The van der Waals surface area contributed by atoms with E-state index in [4.69, 9.17) is 12.2 Å². The number of carbonyl (C=O) groups excluding carboxylic acids is 1. The number of pyridine rings is 1. The maximum atomic E-state index is 11.7. The van der Waals surface area contributed by atoms with Crippen LogP contribution in [0.1, 0.15) is 12.1 Å². The van der Waals surface area contributed by atoms with Crippen molar-refractivity contribution in [1.82, 2.24) is 4.98 Å². The fourth-order valence-electron chi connectivity index (χ4n) is 1.79. The molecule has 16 heavy (non-hydrogen) atoms. The molecule has 2 heterocycles. The smallest absolute Gasteiger partial charge is 0.229 e. The summed E-state index contributed by atoms with van der Waals surface area (Å²) in [6.45, 7) is 2.37. The van der Waals surface area contributed by atoms with Crippen LogP contribution < -0.4 is 10.6 Å². The Morgan fingerprint density at radius 2 is 2.38 bits per heavy atom. The number of nitrogens with two attached hydrogens (primary N) is 1. The fourth-order valence-corrected chi connectivity index (χ4v) is 1.79. The van der Waals surface area contributed by atoms with Crippen molar-refractivity contribution in [2.24, 2.45) is 5.92 Å². The van der Waals surface area contributed by atoms with Crippen LogP contribution in [0, 0.1) is 25.2 Å². The number of terminal acetylenes is 1. The minimum atomic E-state index is -0.0331. The van der Waals surface area contributed by atoms with Gasteiger partial charge in [0.25, 0.3) is 0 Å². The van der Waals surface area contributed by atoms with Crippen molar-refractivity contribution in [2.45, 2.75) is 13.3 Å². The first kappa shape index (κ1) is 10.5. The van der Waals surface area contributed by atoms with Crippen LogP contribution in [0.15, 0.2) is 12.1 Å². The van der Waals surface area contributed by atoms with E-state index in [9.17, 15) is 4.79 Å². The SMILES string of the molecule is C#CC1CC(=O)N(c2nc(C)ccc2N)C1. The quantitative estimate of drug-likeness (QED) is 0.710. The van der Waals surface area contributed by atoms with Crippen molar-refractivity contribution in [1.29, 1.82) is 0 Å². The number of rotatable bonds is 1. The molecule has 1 fully saturated rings. The summed E-state index contributed by atoms with van der Waals surface area (Å²) in [5.41, 5.74) is 7.16. The van der Waals surface area contributed by atoms with Gasteiger partial charge in [0.15, 0.2) is 5.82 Å². The molecule has 0 aromatic carbocycles. The Morgan fingerprint density at radius 1 is 1.62 bits per heavy atom. The van der Waals surface area contributed by atoms with Crippen molar-refractivity contribution in [3.8, 4) is 12.3 Å². The number of hydrogen-bond acceptors (Lipinski definition) is 3. The van der Waals surface area contributed by atoms with Gasteiger partial charge in [0, 0.05) is 24.6 Å². The highest BCUT2D eigenvalue weighted by molar-refractivity contribution is 5.97. The van der Waals surface area contributed by atoms with E-state index in [0.29, 0.717) is 24.5 Å². The number of aryl methyl sites for hydroxylation is 1. The number of hydrogen-bond donors (Lipinski definition) is 1. The predicted octanol–water partition coefficient (Wildman–Crippen LogP) is 0.958. The van der Waals surface area contributed by atoms with E-state index in [2.05, 4.69) is 10.9 Å². The number of nitrogens with zero attached hydrogens (tertiary/aromatic N) is 2. The topological polar surface area (TPSA) is 59.2 Å². The van der Waals surface area contributed by atoms with Gasteiger partial charge in [-0.2, -0.15) is 0 Å². The van der Waals surface area contributed by atoms with E-state index in [1.165, 1.54) is 0 Å². The van der Waals surface area contributed by atoms with E-state index < -0.39 is 0 Å². The zero-order chi connectivity index (χ0) is 11.7. The van der Waals surface area contributed by atoms with Gasteiger partial charge in [-0.1, -0.05) is 0 Å². The van der Waals surface area contributed by atoms with Gasteiger partial charge in [-0.05, 0) is 19.1 Å². The molecule has 1 aromatic heterocycles. The van der Waals surface area contributed by atoms with Crippen LogP contribution in [0.2, 0.25) is 0 Å². The average molecular weight is 215 g/mol. The Morgan fingerprint density at radius 3 is 3.00 bits per heavy atom. The molecule has 2 N–H and O–H groups in total. The number of amides is 1. The standard InChI is InChI=1S/C12H13N3O/c1-3-9-6-11(16)15(7-9)12-10(13)5-4-8(2)14-12/h1,4-5,9H,6-7,13H2,2H3. The van der Waals surface area contributed by atoms with Gasteiger partial charge in [-0.25, -0.2) is 4.98 Å². The van der Waals surface area contributed by atoms with Crippen LogP contribution in [-0.4, -0.2) is 17.4 Å². The molecule has 0 spiro atoms.